The number of nitro benzene ring substituents is 1. The van der Waals surface area contributed by atoms with E-state index in [9.17, 15) is 14.9 Å². The number of methoxy groups -OCH3 is 1. The van der Waals surface area contributed by atoms with Crippen LogP contribution in [0.5, 0.6) is 11.5 Å². The minimum Gasteiger partial charge on any atom is -0.497 e. The Bertz CT molecular complexity index is 822. The Balaban J connectivity index is 2.35. The molecule has 0 heterocycles. The SMILES string of the molecule is CCOc1ccc(C(=O)N(CC)C(C)c2cccc(OC)c2)cc1[N+](=O)[O-]. The number of carbonyl (C=O) groups excluding carboxylic acids is 1. The number of ether oxygens (including phenoxy) is 2. The van der Waals surface area contributed by atoms with Gasteiger partial charge in [-0.3, -0.25) is 14.9 Å². The van der Waals surface area contributed by atoms with Gasteiger partial charge in [-0.05, 0) is 50.6 Å². The van der Waals surface area contributed by atoms with Gasteiger partial charge in [0, 0.05) is 18.2 Å². The van der Waals surface area contributed by atoms with E-state index in [1.165, 1.54) is 12.1 Å². The maximum Gasteiger partial charge on any atom is 0.311 e. The van der Waals surface area contributed by atoms with Crippen LogP contribution in [-0.4, -0.2) is 36.0 Å². The van der Waals surface area contributed by atoms with E-state index in [1.807, 2.05) is 38.1 Å². The molecule has 7 nitrogen and oxygen atoms in total. The zero-order valence-electron chi connectivity index (χ0n) is 16.0. The lowest BCUT2D eigenvalue weighted by Gasteiger charge is -2.28. The van der Waals surface area contributed by atoms with Crippen LogP contribution in [0.4, 0.5) is 5.69 Å². The maximum atomic E-state index is 13.0. The molecule has 27 heavy (non-hydrogen) atoms. The molecule has 0 aromatic heterocycles. The minimum absolute atomic E-state index is 0.156. The highest BCUT2D eigenvalue weighted by molar-refractivity contribution is 5.95. The molecule has 2 aromatic carbocycles. The summed E-state index contributed by atoms with van der Waals surface area (Å²) < 4.78 is 10.5. The van der Waals surface area contributed by atoms with Crippen LogP contribution in [0.15, 0.2) is 42.5 Å². The van der Waals surface area contributed by atoms with E-state index in [0.29, 0.717) is 18.9 Å². The molecular formula is C20H24N2O5. The first kappa shape index (κ1) is 20.2. The Morgan fingerprint density at radius 2 is 1.96 bits per heavy atom. The highest BCUT2D eigenvalue weighted by Crippen LogP contribution is 2.30. The van der Waals surface area contributed by atoms with E-state index in [0.717, 1.165) is 5.56 Å². The second-order valence-corrected chi connectivity index (χ2v) is 5.92. The van der Waals surface area contributed by atoms with Crippen LogP contribution in [0, 0.1) is 10.1 Å². The first-order chi connectivity index (χ1) is 12.9. The molecule has 144 valence electrons. The lowest BCUT2D eigenvalue weighted by molar-refractivity contribution is -0.385. The molecule has 0 saturated heterocycles. The van der Waals surface area contributed by atoms with Crippen molar-refractivity contribution < 1.29 is 19.2 Å². The van der Waals surface area contributed by atoms with Gasteiger partial charge in [-0.2, -0.15) is 0 Å². The van der Waals surface area contributed by atoms with Gasteiger partial charge in [-0.15, -0.1) is 0 Å². The Hall–Kier alpha value is -3.09. The Morgan fingerprint density at radius 1 is 1.22 bits per heavy atom. The summed E-state index contributed by atoms with van der Waals surface area (Å²) in [6.45, 7) is 6.30. The van der Waals surface area contributed by atoms with Crippen molar-refractivity contribution in [2.45, 2.75) is 26.8 Å². The summed E-state index contributed by atoms with van der Waals surface area (Å²) in [5, 5.41) is 11.3. The number of nitro groups is 1. The second kappa shape index (κ2) is 9.02. The average molecular weight is 372 g/mol. The summed E-state index contributed by atoms with van der Waals surface area (Å²) in [4.78, 5) is 25.5. The molecule has 7 heteroatoms. The summed E-state index contributed by atoms with van der Waals surface area (Å²) in [6, 6.07) is 11.6. The highest BCUT2D eigenvalue weighted by Gasteiger charge is 2.25. The summed E-state index contributed by atoms with van der Waals surface area (Å²) in [6.07, 6.45) is 0. The Kier molecular flexibility index (Phi) is 6.76. The first-order valence-corrected chi connectivity index (χ1v) is 8.79. The van der Waals surface area contributed by atoms with Crippen molar-refractivity contribution in [2.75, 3.05) is 20.3 Å². The third-order valence-corrected chi connectivity index (χ3v) is 4.35. The molecule has 0 bridgehead atoms. The lowest BCUT2D eigenvalue weighted by Crippen LogP contribution is -2.33. The quantitative estimate of drug-likeness (QED) is 0.512. The molecule has 0 aliphatic rings. The van der Waals surface area contributed by atoms with Crippen LogP contribution < -0.4 is 9.47 Å². The van der Waals surface area contributed by atoms with Gasteiger partial charge < -0.3 is 14.4 Å². The Morgan fingerprint density at radius 3 is 2.56 bits per heavy atom. The summed E-state index contributed by atoms with van der Waals surface area (Å²) in [5.41, 5.74) is 0.958. The van der Waals surface area contributed by atoms with Crippen molar-refractivity contribution in [1.29, 1.82) is 0 Å². The molecule has 1 unspecified atom stereocenters. The van der Waals surface area contributed by atoms with Crippen LogP contribution in [0.2, 0.25) is 0 Å². The molecule has 1 atom stereocenters. The summed E-state index contributed by atoms with van der Waals surface area (Å²) in [5.74, 6) is 0.585. The molecule has 2 aromatic rings. The van der Waals surface area contributed by atoms with E-state index < -0.39 is 4.92 Å². The molecule has 0 aliphatic carbocycles. The number of hydrogen-bond donors (Lipinski definition) is 0. The third kappa shape index (κ3) is 4.55. The molecule has 0 fully saturated rings. The summed E-state index contributed by atoms with van der Waals surface area (Å²) in [7, 11) is 1.59. The zero-order chi connectivity index (χ0) is 20.0. The second-order valence-electron chi connectivity index (χ2n) is 5.92. The molecule has 1 amide bonds. The number of nitrogens with zero attached hydrogens (tertiary/aromatic N) is 2. The minimum atomic E-state index is -0.538. The maximum absolute atomic E-state index is 13.0. The van der Waals surface area contributed by atoms with Gasteiger partial charge in [0.1, 0.15) is 5.75 Å². The van der Waals surface area contributed by atoms with Crippen LogP contribution >= 0.6 is 0 Å². The van der Waals surface area contributed by atoms with Crippen molar-refractivity contribution in [3.8, 4) is 11.5 Å². The highest BCUT2D eigenvalue weighted by atomic mass is 16.6. The van der Waals surface area contributed by atoms with Gasteiger partial charge in [0.2, 0.25) is 0 Å². The van der Waals surface area contributed by atoms with E-state index in [4.69, 9.17) is 9.47 Å². The number of carbonyl (C=O) groups is 1. The zero-order valence-corrected chi connectivity index (χ0v) is 16.0. The van der Waals surface area contributed by atoms with Gasteiger partial charge in [-0.25, -0.2) is 0 Å². The van der Waals surface area contributed by atoms with E-state index in [-0.39, 0.29) is 28.9 Å². The third-order valence-electron chi connectivity index (χ3n) is 4.35. The van der Waals surface area contributed by atoms with Crippen LogP contribution in [0.1, 0.15) is 42.7 Å². The van der Waals surface area contributed by atoms with Gasteiger partial charge in [0.25, 0.3) is 5.91 Å². The number of benzene rings is 2. The fourth-order valence-electron chi connectivity index (χ4n) is 2.91. The van der Waals surface area contributed by atoms with Gasteiger partial charge in [-0.1, -0.05) is 12.1 Å². The Labute approximate surface area is 158 Å². The standard InChI is InChI=1S/C20H24N2O5/c1-5-21(14(3)15-8-7-9-17(12-15)26-4)20(23)16-10-11-19(27-6-2)18(13-16)22(24)25/h7-14H,5-6H2,1-4H3. The van der Waals surface area contributed by atoms with Crippen LogP contribution in [0.3, 0.4) is 0 Å². The average Bonchev–Trinajstić information content (AvgIpc) is 2.68. The van der Waals surface area contributed by atoms with Crippen LogP contribution in [-0.2, 0) is 0 Å². The predicted molar refractivity (Wildman–Crippen MR) is 102 cm³/mol. The normalized spacial score (nSPS) is 11.6. The molecule has 0 N–H and O–H groups in total. The first-order valence-electron chi connectivity index (χ1n) is 8.79. The monoisotopic (exact) mass is 372 g/mol. The van der Waals surface area contributed by atoms with Crippen molar-refractivity contribution in [1.82, 2.24) is 4.90 Å². The van der Waals surface area contributed by atoms with Crippen molar-refractivity contribution >= 4 is 11.6 Å². The largest absolute Gasteiger partial charge is 0.497 e. The molecular weight excluding hydrogens is 348 g/mol. The molecule has 0 spiro atoms. The van der Waals surface area contributed by atoms with E-state index >= 15 is 0 Å². The predicted octanol–water partition coefficient (Wildman–Crippen LogP) is 4.23. The fourth-order valence-corrected chi connectivity index (χ4v) is 2.91. The fraction of sp³-hybridized carbons (Fsp3) is 0.350. The van der Waals surface area contributed by atoms with Crippen LogP contribution in [0.25, 0.3) is 0 Å². The molecule has 2 rings (SSSR count). The molecule has 0 radical (unpaired) electrons. The lowest BCUT2D eigenvalue weighted by atomic mass is 10.0. The topological polar surface area (TPSA) is 81.9 Å². The van der Waals surface area contributed by atoms with E-state index in [1.54, 1.807) is 25.0 Å². The summed E-state index contributed by atoms with van der Waals surface area (Å²) >= 11 is 0. The van der Waals surface area contributed by atoms with Gasteiger partial charge >= 0.3 is 5.69 Å². The van der Waals surface area contributed by atoms with E-state index in [2.05, 4.69) is 0 Å². The number of amides is 1. The van der Waals surface area contributed by atoms with Gasteiger partial charge in [0.15, 0.2) is 5.75 Å². The number of hydrogen-bond acceptors (Lipinski definition) is 5. The molecule has 0 aliphatic heterocycles. The smallest absolute Gasteiger partial charge is 0.311 e. The van der Waals surface area contributed by atoms with Gasteiger partial charge in [0.05, 0.1) is 24.7 Å². The van der Waals surface area contributed by atoms with Crippen molar-refractivity contribution in [3.05, 3.63) is 63.7 Å². The van der Waals surface area contributed by atoms with Crippen molar-refractivity contribution in [2.24, 2.45) is 0 Å². The van der Waals surface area contributed by atoms with Crippen molar-refractivity contribution in [3.63, 3.8) is 0 Å². The number of rotatable bonds is 8. The molecule has 0 saturated carbocycles.